The van der Waals surface area contributed by atoms with E-state index >= 15 is 0 Å². The van der Waals surface area contributed by atoms with Crippen molar-refractivity contribution < 1.29 is 0 Å². The zero-order valence-corrected chi connectivity index (χ0v) is 13.3. The van der Waals surface area contributed by atoms with Crippen molar-refractivity contribution in [2.45, 2.75) is 46.1 Å². The fourth-order valence-corrected chi connectivity index (χ4v) is 2.95. The molecule has 0 aliphatic heterocycles. The number of halogens is 1. The summed E-state index contributed by atoms with van der Waals surface area (Å²) in [6.07, 6.45) is 1.94. The molecule has 0 N–H and O–H groups in total. The Morgan fingerprint density at radius 2 is 2.00 bits per heavy atom. The largest absolute Gasteiger partial charge is 0.270 e. The van der Waals surface area contributed by atoms with Gasteiger partial charge in [-0.3, -0.25) is 4.68 Å². The average molecular weight is 291 g/mol. The minimum absolute atomic E-state index is 0.351. The van der Waals surface area contributed by atoms with Gasteiger partial charge in [0.2, 0.25) is 0 Å². The van der Waals surface area contributed by atoms with Crippen molar-refractivity contribution >= 4 is 11.6 Å². The number of alkyl halides is 1. The van der Waals surface area contributed by atoms with E-state index in [0.717, 1.165) is 19.4 Å². The van der Waals surface area contributed by atoms with Gasteiger partial charge in [-0.25, -0.2) is 0 Å². The molecule has 108 valence electrons. The Labute approximate surface area is 126 Å². The van der Waals surface area contributed by atoms with Crippen LogP contribution in [0, 0.1) is 6.92 Å². The summed E-state index contributed by atoms with van der Waals surface area (Å²) >= 11 is 6.23. The summed E-state index contributed by atoms with van der Waals surface area (Å²) < 4.78 is 2.11. The first kappa shape index (κ1) is 15.1. The van der Waals surface area contributed by atoms with E-state index in [-0.39, 0.29) is 0 Å². The molecule has 1 aromatic carbocycles. The SMILES string of the molecule is CCc1cc(CC(CCl)c2ccccc2C)n(CC)n1. The van der Waals surface area contributed by atoms with Crippen LogP contribution in [0.4, 0.5) is 0 Å². The van der Waals surface area contributed by atoms with E-state index < -0.39 is 0 Å². The maximum Gasteiger partial charge on any atom is 0.0624 e. The van der Waals surface area contributed by atoms with Gasteiger partial charge in [-0.1, -0.05) is 31.2 Å². The van der Waals surface area contributed by atoms with Crippen LogP contribution in [0.15, 0.2) is 30.3 Å². The smallest absolute Gasteiger partial charge is 0.0624 e. The molecular formula is C17H23ClN2. The molecule has 0 spiro atoms. The molecule has 0 aliphatic carbocycles. The van der Waals surface area contributed by atoms with Crippen LogP contribution in [0.2, 0.25) is 0 Å². The third-order valence-corrected chi connectivity index (χ3v) is 4.22. The zero-order chi connectivity index (χ0) is 14.5. The fraction of sp³-hybridized carbons (Fsp3) is 0.471. The molecule has 2 rings (SSSR count). The van der Waals surface area contributed by atoms with Gasteiger partial charge in [-0.05, 0) is 43.9 Å². The van der Waals surface area contributed by atoms with Crippen LogP contribution in [0.5, 0.6) is 0 Å². The van der Waals surface area contributed by atoms with Crippen molar-refractivity contribution in [2.24, 2.45) is 0 Å². The summed E-state index contributed by atoms with van der Waals surface area (Å²) in [5, 5.41) is 4.62. The molecule has 0 aliphatic rings. The van der Waals surface area contributed by atoms with Crippen LogP contribution in [0.1, 0.15) is 42.3 Å². The molecule has 3 heteroatoms. The van der Waals surface area contributed by atoms with Crippen LogP contribution < -0.4 is 0 Å². The molecule has 0 radical (unpaired) electrons. The fourth-order valence-electron chi connectivity index (χ4n) is 2.67. The zero-order valence-electron chi connectivity index (χ0n) is 12.6. The third kappa shape index (κ3) is 3.24. The predicted octanol–water partition coefficient (Wildman–Crippen LogP) is 4.34. The number of hydrogen-bond donors (Lipinski definition) is 0. The first-order valence-corrected chi connectivity index (χ1v) is 7.90. The quantitative estimate of drug-likeness (QED) is 0.724. The number of aromatic nitrogens is 2. The lowest BCUT2D eigenvalue weighted by Crippen LogP contribution is -2.11. The van der Waals surface area contributed by atoms with Gasteiger partial charge in [-0.15, -0.1) is 11.6 Å². The molecule has 0 saturated carbocycles. The number of aryl methyl sites for hydroxylation is 3. The highest BCUT2D eigenvalue weighted by Crippen LogP contribution is 2.25. The molecule has 0 saturated heterocycles. The number of benzene rings is 1. The topological polar surface area (TPSA) is 17.8 Å². The van der Waals surface area contributed by atoms with Crippen molar-refractivity contribution in [3.8, 4) is 0 Å². The molecule has 2 nitrogen and oxygen atoms in total. The van der Waals surface area contributed by atoms with Crippen LogP contribution in [0.3, 0.4) is 0 Å². The maximum absolute atomic E-state index is 6.23. The molecule has 0 bridgehead atoms. The second-order valence-electron chi connectivity index (χ2n) is 5.21. The van der Waals surface area contributed by atoms with Gasteiger partial charge in [0.05, 0.1) is 5.69 Å². The maximum atomic E-state index is 6.23. The number of hydrogen-bond acceptors (Lipinski definition) is 1. The second kappa shape index (κ2) is 6.94. The van der Waals surface area contributed by atoms with E-state index in [1.165, 1.54) is 22.5 Å². The summed E-state index contributed by atoms with van der Waals surface area (Å²) in [4.78, 5) is 0. The van der Waals surface area contributed by atoms with E-state index in [2.05, 4.69) is 60.9 Å². The van der Waals surface area contributed by atoms with E-state index in [0.29, 0.717) is 11.8 Å². The monoisotopic (exact) mass is 290 g/mol. The van der Waals surface area contributed by atoms with Crippen LogP contribution >= 0.6 is 11.6 Å². The van der Waals surface area contributed by atoms with Crippen LogP contribution in [0.25, 0.3) is 0 Å². The summed E-state index contributed by atoms with van der Waals surface area (Å²) in [7, 11) is 0. The molecule has 0 amide bonds. The van der Waals surface area contributed by atoms with Crippen molar-refractivity contribution in [2.75, 3.05) is 5.88 Å². The predicted molar refractivity (Wildman–Crippen MR) is 85.6 cm³/mol. The van der Waals surface area contributed by atoms with E-state index in [1.807, 2.05) is 0 Å². The van der Waals surface area contributed by atoms with Crippen LogP contribution in [-0.2, 0) is 19.4 Å². The minimum Gasteiger partial charge on any atom is -0.270 e. The minimum atomic E-state index is 0.351. The Kier molecular flexibility index (Phi) is 5.24. The molecule has 1 aromatic heterocycles. The standard InChI is InChI=1S/C17H23ClN2/c1-4-15-11-16(20(5-2)19-15)10-14(12-18)17-9-7-6-8-13(17)3/h6-9,11,14H,4-5,10,12H2,1-3H3. The lowest BCUT2D eigenvalue weighted by molar-refractivity contribution is 0.593. The van der Waals surface area contributed by atoms with E-state index in [9.17, 15) is 0 Å². The molecule has 1 unspecified atom stereocenters. The summed E-state index contributed by atoms with van der Waals surface area (Å²) in [5.74, 6) is 0.992. The van der Waals surface area contributed by atoms with Gasteiger partial charge >= 0.3 is 0 Å². The first-order valence-electron chi connectivity index (χ1n) is 7.36. The summed E-state index contributed by atoms with van der Waals surface area (Å²) in [6.45, 7) is 7.35. The van der Waals surface area contributed by atoms with Crippen molar-refractivity contribution in [3.63, 3.8) is 0 Å². The molecule has 2 aromatic rings. The van der Waals surface area contributed by atoms with Gasteiger partial charge in [0.15, 0.2) is 0 Å². The molecule has 20 heavy (non-hydrogen) atoms. The first-order chi connectivity index (χ1) is 9.69. The van der Waals surface area contributed by atoms with Crippen molar-refractivity contribution in [1.82, 2.24) is 9.78 Å². The van der Waals surface area contributed by atoms with Crippen LogP contribution in [-0.4, -0.2) is 15.7 Å². The Bertz CT molecular complexity index is 560. The summed E-state index contributed by atoms with van der Waals surface area (Å²) in [6, 6.07) is 10.7. The Hall–Kier alpha value is -1.28. The molecule has 1 heterocycles. The highest BCUT2D eigenvalue weighted by Gasteiger charge is 2.16. The lowest BCUT2D eigenvalue weighted by atomic mass is 9.92. The molecule has 1 atom stereocenters. The van der Waals surface area contributed by atoms with Gasteiger partial charge in [0.25, 0.3) is 0 Å². The number of rotatable bonds is 6. The summed E-state index contributed by atoms with van der Waals surface area (Å²) in [5.41, 5.74) is 5.12. The van der Waals surface area contributed by atoms with Gasteiger partial charge in [0, 0.05) is 24.0 Å². The normalized spacial score (nSPS) is 12.6. The Balaban J connectivity index is 2.26. The van der Waals surface area contributed by atoms with Gasteiger partial charge < -0.3 is 0 Å². The Morgan fingerprint density at radius 1 is 1.25 bits per heavy atom. The van der Waals surface area contributed by atoms with Crippen molar-refractivity contribution in [3.05, 3.63) is 52.8 Å². The lowest BCUT2D eigenvalue weighted by Gasteiger charge is -2.17. The average Bonchev–Trinajstić information content (AvgIpc) is 2.88. The van der Waals surface area contributed by atoms with Crippen molar-refractivity contribution in [1.29, 1.82) is 0 Å². The Morgan fingerprint density at radius 3 is 2.60 bits per heavy atom. The third-order valence-electron chi connectivity index (χ3n) is 3.85. The van der Waals surface area contributed by atoms with Gasteiger partial charge in [-0.2, -0.15) is 5.10 Å². The van der Waals surface area contributed by atoms with E-state index in [4.69, 9.17) is 11.6 Å². The highest BCUT2D eigenvalue weighted by molar-refractivity contribution is 6.18. The highest BCUT2D eigenvalue weighted by atomic mass is 35.5. The number of nitrogens with zero attached hydrogens (tertiary/aromatic N) is 2. The molecule has 0 fully saturated rings. The second-order valence-corrected chi connectivity index (χ2v) is 5.52. The molecular weight excluding hydrogens is 268 g/mol. The van der Waals surface area contributed by atoms with E-state index in [1.54, 1.807) is 0 Å². The van der Waals surface area contributed by atoms with Gasteiger partial charge in [0.1, 0.15) is 0 Å².